The van der Waals surface area contributed by atoms with Crippen LogP contribution in [0.15, 0.2) is 42.5 Å². The third-order valence-corrected chi connectivity index (χ3v) is 3.20. The molecule has 1 aliphatic rings. The molecule has 0 atom stereocenters. The first kappa shape index (κ1) is 12.5. The van der Waals surface area contributed by atoms with Crippen molar-refractivity contribution in [3.63, 3.8) is 0 Å². The van der Waals surface area contributed by atoms with Crippen molar-refractivity contribution in [2.75, 3.05) is 13.7 Å². The average Bonchev–Trinajstić information content (AvgIpc) is 2.95. The lowest BCUT2D eigenvalue weighted by Crippen LogP contribution is -2.09. The van der Waals surface area contributed by atoms with Crippen molar-refractivity contribution in [1.82, 2.24) is 0 Å². The van der Waals surface area contributed by atoms with Crippen LogP contribution in [0.3, 0.4) is 0 Å². The smallest absolute Gasteiger partial charge is 0.343 e. The van der Waals surface area contributed by atoms with Crippen LogP contribution in [0.5, 0.6) is 17.2 Å². The second-order valence-corrected chi connectivity index (χ2v) is 4.46. The fourth-order valence-corrected chi connectivity index (χ4v) is 2.18. The fraction of sp³-hybridized carbons (Fsp3) is 0.188. The number of para-hydroxylation sites is 2. The van der Waals surface area contributed by atoms with Gasteiger partial charge in [0.15, 0.2) is 11.5 Å². The van der Waals surface area contributed by atoms with Crippen molar-refractivity contribution in [3.05, 3.63) is 53.6 Å². The second kappa shape index (κ2) is 5.25. The Morgan fingerprint density at radius 1 is 1.15 bits per heavy atom. The van der Waals surface area contributed by atoms with E-state index in [0.717, 1.165) is 17.7 Å². The van der Waals surface area contributed by atoms with Crippen LogP contribution in [0.2, 0.25) is 0 Å². The van der Waals surface area contributed by atoms with Crippen LogP contribution >= 0.6 is 0 Å². The van der Waals surface area contributed by atoms with Gasteiger partial charge in [0.05, 0.1) is 19.3 Å². The monoisotopic (exact) mass is 270 g/mol. The summed E-state index contributed by atoms with van der Waals surface area (Å²) in [7, 11) is 1.54. The summed E-state index contributed by atoms with van der Waals surface area (Å²) in [5.74, 6) is 1.39. The SMILES string of the molecule is COc1ccccc1OC(=O)c1ccc2c(c1)CCO2. The molecule has 1 heterocycles. The maximum atomic E-state index is 12.2. The summed E-state index contributed by atoms with van der Waals surface area (Å²) in [6, 6.07) is 12.4. The number of carbonyl (C=O) groups is 1. The number of esters is 1. The van der Waals surface area contributed by atoms with Crippen LogP contribution in [0.1, 0.15) is 15.9 Å². The molecule has 2 aromatic carbocycles. The van der Waals surface area contributed by atoms with E-state index in [2.05, 4.69) is 0 Å². The summed E-state index contributed by atoms with van der Waals surface area (Å²) >= 11 is 0. The normalized spacial score (nSPS) is 12.4. The van der Waals surface area contributed by atoms with Gasteiger partial charge in [-0.15, -0.1) is 0 Å². The summed E-state index contributed by atoms with van der Waals surface area (Å²) in [4.78, 5) is 12.2. The Balaban J connectivity index is 1.83. The zero-order valence-electron chi connectivity index (χ0n) is 11.1. The van der Waals surface area contributed by atoms with Gasteiger partial charge >= 0.3 is 5.97 Å². The van der Waals surface area contributed by atoms with Crippen LogP contribution in [-0.2, 0) is 6.42 Å². The highest BCUT2D eigenvalue weighted by atomic mass is 16.6. The van der Waals surface area contributed by atoms with E-state index in [1.54, 1.807) is 37.4 Å². The lowest BCUT2D eigenvalue weighted by atomic mass is 10.1. The molecule has 0 aliphatic carbocycles. The highest BCUT2D eigenvalue weighted by Gasteiger charge is 2.17. The first-order valence-electron chi connectivity index (χ1n) is 6.39. The quantitative estimate of drug-likeness (QED) is 0.635. The van der Waals surface area contributed by atoms with E-state index in [1.807, 2.05) is 12.1 Å². The summed E-state index contributed by atoms with van der Waals surface area (Å²) in [6.45, 7) is 0.667. The van der Waals surface area contributed by atoms with Gasteiger partial charge in [0.2, 0.25) is 0 Å². The van der Waals surface area contributed by atoms with Crippen molar-refractivity contribution in [2.24, 2.45) is 0 Å². The first-order valence-corrected chi connectivity index (χ1v) is 6.39. The Labute approximate surface area is 116 Å². The standard InChI is InChI=1S/C16H14O4/c1-18-14-4-2-3-5-15(14)20-16(17)12-6-7-13-11(10-12)8-9-19-13/h2-7,10H,8-9H2,1H3. The van der Waals surface area contributed by atoms with E-state index in [4.69, 9.17) is 14.2 Å². The molecule has 20 heavy (non-hydrogen) atoms. The predicted molar refractivity (Wildman–Crippen MR) is 73.6 cm³/mol. The van der Waals surface area contributed by atoms with Crippen LogP contribution in [0.4, 0.5) is 0 Å². The minimum absolute atomic E-state index is 0.399. The molecule has 2 aromatic rings. The van der Waals surface area contributed by atoms with Gasteiger partial charge in [0, 0.05) is 6.42 Å². The Bertz CT molecular complexity index is 649. The number of fused-ring (bicyclic) bond motifs is 1. The molecule has 0 unspecified atom stereocenters. The van der Waals surface area contributed by atoms with E-state index < -0.39 is 5.97 Å². The summed E-state index contributed by atoms with van der Waals surface area (Å²) in [5, 5.41) is 0. The van der Waals surface area contributed by atoms with E-state index >= 15 is 0 Å². The molecular formula is C16H14O4. The summed E-state index contributed by atoms with van der Waals surface area (Å²) in [6.07, 6.45) is 0.825. The molecule has 102 valence electrons. The number of ether oxygens (including phenoxy) is 3. The third-order valence-electron chi connectivity index (χ3n) is 3.20. The summed E-state index contributed by atoms with van der Waals surface area (Å²) < 4.78 is 16.0. The van der Waals surface area contributed by atoms with Crippen molar-refractivity contribution in [2.45, 2.75) is 6.42 Å². The maximum absolute atomic E-state index is 12.2. The maximum Gasteiger partial charge on any atom is 0.343 e. The lowest BCUT2D eigenvalue weighted by Gasteiger charge is -2.09. The third kappa shape index (κ3) is 2.32. The molecule has 0 saturated carbocycles. The molecule has 0 spiro atoms. The van der Waals surface area contributed by atoms with E-state index in [1.165, 1.54) is 0 Å². The molecule has 4 nitrogen and oxygen atoms in total. The highest BCUT2D eigenvalue weighted by molar-refractivity contribution is 5.91. The molecule has 0 N–H and O–H groups in total. The van der Waals surface area contributed by atoms with E-state index in [9.17, 15) is 4.79 Å². The minimum atomic E-state index is -0.399. The lowest BCUT2D eigenvalue weighted by molar-refractivity contribution is 0.0729. The van der Waals surface area contributed by atoms with Gasteiger partial charge in [-0.25, -0.2) is 4.79 Å². The Morgan fingerprint density at radius 3 is 2.75 bits per heavy atom. The zero-order valence-corrected chi connectivity index (χ0v) is 11.1. The van der Waals surface area contributed by atoms with Gasteiger partial charge in [0.1, 0.15) is 5.75 Å². The van der Waals surface area contributed by atoms with Crippen LogP contribution < -0.4 is 14.2 Å². The van der Waals surface area contributed by atoms with E-state index in [0.29, 0.717) is 23.7 Å². The van der Waals surface area contributed by atoms with Gasteiger partial charge in [-0.05, 0) is 35.9 Å². The van der Waals surface area contributed by atoms with Gasteiger partial charge in [-0.3, -0.25) is 0 Å². The molecule has 0 radical (unpaired) electrons. The molecule has 0 saturated heterocycles. The zero-order chi connectivity index (χ0) is 13.9. The van der Waals surface area contributed by atoms with Crippen LogP contribution in [-0.4, -0.2) is 19.7 Å². The number of methoxy groups -OCH3 is 1. The predicted octanol–water partition coefficient (Wildman–Crippen LogP) is 2.85. The summed E-state index contributed by atoms with van der Waals surface area (Å²) in [5.41, 5.74) is 1.56. The second-order valence-electron chi connectivity index (χ2n) is 4.46. The topological polar surface area (TPSA) is 44.8 Å². The first-order chi connectivity index (χ1) is 9.78. The van der Waals surface area contributed by atoms with Crippen molar-refractivity contribution < 1.29 is 19.0 Å². The number of hydrogen-bond donors (Lipinski definition) is 0. The van der Waals surface area contributed by atoms with Crippen molar-refractivity contribution in [3.8, 4) is 17.2 Å². The molecule has 1 aliphatic heterocycles. The molecule has 0 fully saturated rings. The number of rotatable bonds is 3. The Hall–Kier alpha value is -2.49. The minimum Gasteiger partial charge on any atom is -0.493 e. The molecular weight excluding hydrogens is 256 g/mol. The molecule has 0 bridgehead atoms. The average molecular weight is 270 g/mol. The number of benzene rings is 2. The van der Waals surface area contributed by atoms with Gasteiger partial charge < -0.3 is 14.2 Å². The van der Waals surface area contributed by atoms with Gasteiger partial charge in [-0.1, -0.05) is 12.1 Å². The molecule has 3 rings (SSSR count). The highest BCUT2D eigenvalue weighted by Crippen LogP contribution is 2.29. The Kier molecular flexibility index (Phi) is 3.29. The molecule has 0 aromatic heterocycles. The van der Waals surface area contributed by atoms with Crippen molar-refractivity contribution in [1.29, 1.82) is 0 Å². The largest absolute Gasteiger partial charge is 0.493 e. The van der Waals surface area contributed by atoms with Crippen LogP contribution in [0.25, 0.3) is 0 Å². The molecule has 0 amide bonds. The van der Waals surface area contributed by atoms with Gasteiger partial charge in [-0.2, -0.15) is 0 Å². The van der Waals surface area contributed by atoms with Gasteiger partial charge in [0.25, 0.3) is 0 Å². The number of carbonyl (C=O) groups excluding carboxylic acids is 1. The van der Waals surface area contributed by atoms with Crippen molar-refractivity contribution >= 4 is 5.97 Å². The fourth-order valence-electron chi connectivity index (χ4n) is 2.18. The number of hydrogen-bond acceptors (Lipinski definition) is 4. The molecule has 4 heteroatoms. The van der Waals surface area contributed by atoms with E-state index in [-0.39, 0.29) is 0 Å². The Morgan fingerprint density at radius 2 is 1.95 bits per heavy atom. The van der Waals surface area contributed by atoms with Crippen LogP contribution in [0, 0.1) is 0 Å².